The van der Waals surface area contributed by atoms with Crippen LogP contribution in [-0.2, 0) is 6.42 Å². The van der Waals surface area contributed by atoms with E-state index in [4.69, 9.17) is 4.42 Å². The Labute approximate surface area is 134 Å². The van der Waals surface area contributed by atoms with Gasteiger partial charge in [0.2, 0.25) is 0 Å². The van der Waals surface area contributed by atoms with E-state index in [-0.39, 0.29) is 6.04 Å². The van der Waals surface area contributed by atoms with Crippen molar-refractivity contribution >= 4 is 5.96 Å². The first-order chi connectivity index (χ1) is 11.1. The molecule has 0 aliphatic heterocycles. The van der Waals surface area contributed by atoms with Crippen molar-refractivity contribution < 1.29 is 13.2 Å². The van der Waals surface area contributed by atoms with Gasteiger partial charge in [0.15, 0.2) is 17.6 Å². The number of aliphatic imine (C=N–C) groups is 1. The number of hydrogen-bond donors (Lipinski definition) is 2. The van der Waals surface area contributed by atoms with Crippen LogP contribution < -0.4 is 10.6 Å². The number of guanidine groups is 1. The molecule has 0 spiro atoms. The molecule has 4 nitrogen and oxygen atoms in total. The highest BCUT2D eigenvalue weighted by molar-refractivity contribution is 5.80. The van der Waals surface area contributed by atoms with E-state index in [9.17, 15) is 8.78 Å². The SMILES string of the molecule is CCNC(=NCCc1ccco1)NC(C)c1ccc(F)c(F)c1. The first-order valence-electron chi connectivity index (χ1n) is 7.62. The summed E-state index contributed by atoms with van der Waals surface area (Å²) in [4.78, 5) is 4.46. The number of nitrogens with zero attached hydrogens (tertiary/aromatic N) is 1. The molecule has 2 aromatic rings. The Hall–Kier alpha value is -2.37. The van der Waals surface area contributed by atoms with E-state index in [0.717, 1.165) is 11.8 Å². The first-order valence-corrected chi connectivity index (χ1v) is 7.62. The maximum atomic E-state index is 13.3. The second-order valence-electron chi connectivity index (χ2n) is 5.13. The number of nitrogens with one attached hydrogen (secondary N) is 2. The van der Waals surface area contributed by atoms with Crippen molar-refractivity contribution in [3.8, 4) is 0 Å². The Morgan fingerprint density at radius 1 is 1.26 bits per heavy atom. The maximum absolute atomic E-state index is 13.3. The van der Waals surface area contributed by atoms with E-state index >= 15 is 0 Å². The molecule has 0 amide bonds. The summed E-state index contributed by atoms with van der Waals surface area (Å²) in [5.74, 6) is -0.203. The summed E-state index contributed by atoms with van der Waals surface area (Å²) >= 11 is 0. The number of hydrogen-bond acceptors (Lipinski definition) is 2. The molecule has 1 atom stereocenters. The summed E-state index contributed by atoms with van der Waals surface area (Å²) < 4.78 is 31.6. The van der Waals surface area contributed by atoms with E-state index in [2.05, 4.69) is 15.6 Å². The van der Waals surface area contributed by atoms with E-state index in [1.54, 1.807) is 12.3 Å². The molecular weight excluding hydrogens is 300 g/mol. The molecule has 1 aromatic heterocycles. The lowest BCUT2D eigenvalue weighted by molar-refractivity contribution is 0.504. The van der Waals surface area contributed by atoms with Crippen LogP contribution in [0.5, 0.6) is 0 Å². The normalized spacial score (nSPS) is 13.0. The van der Waals surface area contributed by atoms with E-state index in [0.29, 0.717) is 31.0 Å². The molecule has 0 saturated carbocycles. The van der Waals surface area contributed by atoms with Crippen LogP contribution in [0.2, 0.25) is 0 Å². The quantitative estimate of drug-likeness (QED) is 0.633. The van der Waals surface area contributed by atoms with Gasteiger partial charge in [0.05, 0.1) is 12.3 Å². The fourth-order valence-corrected chi connectivity index (χ4v) is 2.12. The second kappa shape index (κ2) is 8.31. The van der Waals surface area contributed by atoms with Crippen molar-refractivity contribution in [3.05, 3.63) is 59.6 Å². The van der Waals surface area contributed by atoms with Gasteiger partial charge < -0.3 is 15.1 Å². The highest BCUT2D eigenvalue weighted by Gasteiger charge is 2.10. The summed E-state index contributed by atoms with van der Waals surface area (Å²) in [5, 5.41) is 6.31. The molecule has 2 rings (SSSR count). The van der Waals surface area contributed by atoms with Gasteiger partial charge in [-0.3, -0.25) is 4.99 Å². The van der Waals surface area contributed by atoms with Crippen LogP contribution in [0.25, 0.3) is 0 Å². The van der Waals surface area contributed by atoms with Gasteiger partial charge in [0.1, 0.15) is 5.76 Å². The summed E-state index contributed by atoms with van der Waals surface area (Å²) in [6.07, 6.45) is 2.33. The third kappa shape index (κ3) is 5.09. The molecule has 0 aliphatic rings. The summed E-state index contributed by atoms with van der Waals surface area (Å²) in [5.41, 5.74) is 0.653. The average molecular weight is 321 g/mol. The van der Waals surface area contributed by atoms with Gasteiger partial charge in [-0.25, -0.2) is 8.78 Å². The first kappa shape index (κ1) is 17.0. The zero-order chi connectivity index (χ0) is 16.7. The zero-order valence-corrected chi connectivity index (χ0v) is 13.3. The van der Waals surface area contributed by atoms with Crippen LogP contribution in [0.1, 0.15) is 31.2 Å². The predicted octanol–water partition coefficient (Wildman–Crippen LogP) is 3.42. The summed E-state index contributed by atoms with van der Waals surface area (Å²) in [6, 6.07) is 7.42. The van der Waals surface area contributed by atoms with Gasteiger partial charge in [-0.2, -0.15) is 0 Å². The minimum atomic E-state index is -0.851. The zero-order valence-electron chi connectivity index (χ0n) is 13.3. The molecule has 0 bridgehead atoms. The lowest BCUT2D eigenvalue weighted by Gasteiger charge is -2.18. The fraction of sp³-hybridized carbons (Fsp3) is 0.353. The Kier molecular flexibility index (Phi) is 6.14. The largest absolute Gasteiger partial charge is 0.469 e. The van der Waals surface area contributed by atoms with Gasteiger partial charge in [-0.05, 0) is 43.7 Å². The minimum absolute atomic E-state index is 0.202. The molecule has 2 N–H and O–H groups in total. The third-order valence-electron chi connectivity index (χ3n) is 3.35. The van der Waals surface area contributed by atoms with Crippen LogP contribution in [0.4, 0.5) is 8.78 Å². The molecule has 23 heavy (non-hydrogen) atoms. The van der Waals surface area contributed by atoms with Crippen molar-refractivity contribution in [2.75, 3.05) is 13.1 Å². The molecule has 0 saturated heterocycles. The van der Waals surface area contributed by atoms with Crippen molar-refractivity contribution in [3.63, 3.8) is 0 Å². The highest BCUT2D eigenvalue weighted by atomic mass is 19.2. The van der Waals surface area contributed by atoms with Crippen molar-refractivity contribution in [2.24, 2.45) is 4.99 Å². The third-order valence-corrected chi connectivity index (χ3v) is 3.35. The standard InChI is InChI=1S/C17H21F2N3O/c1-3-20-17(21-9-8-14-5-4-10-23-14)22-12(2)13-6-7-15(18)16(19)11-13/h4-7,10-12H,3,8-9H2,1-2H3,(H2,20,21,22). The van der Waals surface area contributed by atoms with Gasteiger partial charge in [-0.15, -0.1) is 0 Å². The Balaban J connectivity index is 1.97. The molecule has 1 aromatic carbocycles. The molecule has 124 valence electrons. The van der Waals surface area contributed by atoms with Gasteiger partial charge in [0.25, 0.3) is 0 Å². The second-order valence-corrected chi connectivity index (χ2v) is 5.13. The molecule has 1 unspecified atom stereocenters. The Bertz CT molecular complexity index is 641. The molecule has 6 heteroatoms. The summed E-state index contributed by atoms with van der Waals surface area (Å²) in [6.45, 7) is 5.10. The van der Waals surface area contributed by atoms with Crippen LogP contribution in [0, 0.1) is 11.6 Å². The fourth-order valence-electron chi connectivity index (χ4n) is 2.12. The molecule has 0 fully saturated rings. The molecule has 1 heterocycles. The van der Waals surface area contributed by atoms with Crippen LogP contribution in [-0.4, -0.2) is 19.0 Å². The average Bonchev–Trinajstić information content (AvgIpc) is 3.03. The summed E-state index contributed by atoms with van der Waals surface area (Å²) in [7, 11) is 0. The van der Waals surface area contributed by atoms with Crippen LogP contribution in [0.3, 0.4) is 0 Å². The smallest absolute Gasteiger partial charge is 0.191 e. The number of furan rings is 1. The van der Waals surface area contributed by atoms with Gasteiger partial charge >= 0.3 is 0 Å². The van der Waals surface area contributed by atoms with Crippen molar-refractivity contribution in [1.82, 2.24) is 10.6 Å². The molecule has 0 radical (unpaired) electrons. The topological polar surface area (TPSA) is 49.6 Å². The monoisotopic (exact) mass is 321 g/mol. The van der Waals surface area contributed by atoms with Crippen LogP contribution >= 0.6 is 0 Å². The van der Waals surface area contributed by atoms with E-state index in [1.807, 2.05) is 26.0 Å². The maximum Gasteiger partial charge on any atom is 0.191 e. The van der Waals surface area contributed by atoms with Crippen LogP contribution in [0.15, 0.2) is 46.0 Å². The highest BCUT2D eigenvalue weighted by Crippen LogP contribution is 2.15. The number of rotatable bonds is 6. The number of benzene rings is 1. The lowest BCUT2D eigenvalue weighted by Crippen LogP contribution is -2.38. The Morgan fingerprint density at radius 3 is 2.74 bits per heavy atom. The molecular formula is C17H21F2N3O. The minimum Gasteiger partial charge on any atom is -0.469 e. The van der Waals surface area contributed by atoms with E-state index < -0.39 is 11.6 Å². The lowest BCUT2D eigenvalue weighted by atomic mass is 10.1. The van der Waals surface area contributed by atoms with Gasteiger partial charge in [0, 0.05) is 19.5 Å². The molecule has 0 aliphatic carbocycles. The van der Waals surface area contributed by atoms with Crippen molar-refractivity contribution in [1.29, 1.82) is 0 Å². The van der Waals surface area contributed by atoms with Gasteiger partial charge in [-0.1, -0.05) is 6.07 Å². The predicted molar refractivity (Wildman–Crippen MR) is 86.3 cm³/mol. The number of halogens is 2. The Morgan fingerprint density at radius 2 is 2.09 bits per heavy atom. The van der Waals surface area contributed by atoms with E-state index in [1.165, 1.54) is 6.07 Å². The van der Waals surface area contributed by atoms with Crippen molar-refractivity contribution in [2.45, 2.75) is 26.3 Å².